The minimum Gasteiger partial charge on any atom is -0.369 e. The maximum Gasteiger partial charge on any atom is 0.273 e. The number of nitrogens with two attached hydrogens (primary N) is 2. The van der Waals surface area contributed by atoms with Crippen molar-refractivity contribution < 1.29 is 4.79 Å². The van der Waals surface area contributed by atoms with Crippen molar-refractivity contribution in [1.29, 1.82) is 0 Å². The van der Waals surface area contributed by atoms with E-state index in [1.165, 1.54) is 0 Å². The monoisotopic (exact) mass is 335 g/mol. The number of rotatable bonds is 4. The smallest absolute Gasteiger partial charge is 0.273 e. The first-order valence-electron chi connectivity index (χ1n) is 7.51. The third kappa shape index (κ3) is 3.81. The van der Waals surface area contributed by atoms with Crippen molar-refractivity contribution in [1.82, 2.24) is 9.97 Å². The Balaban J connectivity index is 1.86. The molecule has 25 heavy (non-hydrogen) atoms. The normalized spacial score (nSPS) is 11.3. The van der Waals surface area contributed by atoms with Gasteiger partial charge < -0.3 is 21.8 Å². The van der Waals surface area contributed by atoms with Gasteiger partial charge in [-0.1, -0.05) is 12.1 Å². The molecular weight excluding hydrogens is 318 g/mol. The molecule has 126 valence electrons. The lowest BCUT2D eigenvalue weighted by Crippen LogP contribution is -2.22. The van der Waals surface area contributed by atoms with Gasteiger partial charge in [0.25, 0.3) is 5.91 Å². The number of H-pyrrole nitrogens is 1. The molecule has 0 saturated heterocycles. The van der Waals surface area contributed by atoms with Gasteiger partial charge in [0.2, 0.25) is 5.96 Å². The van der Waals surface area contributed by atoms with Gasteiger partial charge in [-0.25, -0.2) is 4.98 Å². The van der Waals surface area contributed by atoms with Crippen molar-refractivity contribution in [2.75, 3.05) is 5.32 Å². The van der Waals surface area contributed by atoms with Crippen molar-refractivity contribution in [2.24, 2.45) is 21.7 Å². The summed E-state index contributed by atoms with van der Waals surface area (Å²) in [5.41, 5.74) is 13.3. The van der Waals surface area contributed by atoms with Crippen LogP contribution in [0.2, 0.25) is 0 Å². The molecule has 0 atom stereocenters. The van der Waals surface area contributed by atoms with Crippen LogP contribution in [0.4, 0.5) is 5.82 Å². The van der Waals surface area contributed by atoms with Crippen LogP contribution in [0.3, 0.4) is 0 Å². The highest BCUT2D eigenvalue weighted by Gasteiger charge is 2.11. The Morgan fingerprint density at radius 1 is 1.16 bits per heavy atom. The molecule has 0 saturated carbocycles. The highest BCUT2D eigenvalue weighted by Crippen LogP contribution is 2.19. The zero-order chi connectivity index (χ0) is 17.8. The third-order valence-corrected chi connectivity index (χ3v) is 3.51. The van der Waals surface area contributed by atoms with Gasteiger partial charge in [0.05, 0.1) is 5.71 Å². The Labute approximate surface area is 143 Å². The van der Waals surface area contributed by atoms with E-state index in [9.17, 15) is 4.79 Å². The number of aromatic amines is 1. The van der Waals surface area contributed by atoms with E-state index in [2.05, 4.69) is 25.5 Å². The Bertz CT molecular complexity index is 969. The minimum absolute atomic E-state index is 0.101. The van der Waals surface area contributed by atoms with E-state index in [0.29, 0.717) is 17.2 Å². The molecule has 6 N–H and O–H groups in total. The van der Waals surface area contributed by atoms with Gasteiger partial charge in [-0.2, -0.15) is 5.10 Å². The van der Waals surface area contributed by atoms with Crippen LogP contribution in [0.1, 0.15) is 23.0 Å². The zero-order valence-corrected chi connectivity index (χ0v) is 13.5. The molecule has 2 heterocycles. The van der Waals surface area contributed by atoms with E-state index in [4.69, 9.17) is 11.5 Å². The first kappa shape index (κ1) is 16.2. The molecule has 8 heteroatoms. The van der Waals surface area contributed by atoms with Crippen LogP contribution in [0.15, 0.2) is 58.9 Å². The van der Waals surface area contributed by atoms with Crippen LogP contribution in [-0.2, 0) is 0 Å². The fraction of sp³-hybridized carbons (Fsp3) is 0.0588. The predicted octanol–water partition coefficient (Wildman–Crippen LogP) is 1.81. The largest absolute Gasteiger partial charge is 0.369 e. The summed E-state index contributed by atoms with van der Waals surface area (Å²) in [5.74, 6) is 0.130. The van der Waals surface area contributed by atoms with Crippen LogP contribution in [0.5, 0.6) is 0 Å². The molecule has 2 aromatic heterocycles. The Hall–Kier alpha value is -3.68. The van der Waals surface area contributed by atoms with Gasteiger partial charge in [-0.3, -0.25) is 4.79 Å². The minimum atomic E-state index is -0.262. The molecule has 3 aromatic rings. The first-order valence-corrected chi connectivity index (χ1v) is 7.51. The fourth-order valence-corrected chi connectivity index (χ4v) is 2.29. The van der Waals surface area contributed by atoms with Gasteiger partial charge in [0.1, 0.15) is 11.5 Å². The molecule has 0 bridgehead atoms. The summed E-state index contributed by atoms with van der Waals surface area (Å²) < 4.78 is 0. The van der Waals surface area contributed by atoms with Gasteiger partial charge in [-0.05, 0) is 42.8 Å². The first-order chi connectivity index (χ1) is 12.0. The summed E-state index contributed by atoms with van der Waals surface area (Å²) in [5, 5.41) is 11.2. The number of aromatic nitrogens is 2. The summed E-state index contributed by atoms with van der Waals surface area (Å²) in [4.78, 5) is 19.5. The molecule has 1 amide bonds. The number of nitrogens with zero attached hydrogens (tertiary/aromatic N) is 3. The highest BCUT2D eigenvalue weighted by atomic mass is 16.1. The van der Waals surface area contributed by atoms with Crippen LogP contribution in [0.25, 0.3) is 10.9 Å². The maximum atomic E-state index is 12.3. The Morgan fingerprint density at radius 3 is 2.72 bits per heavy atom. The molecule has 3 rings (SSSR count). The van der Waals surface area contributed by atoms with Crippen molar-refractivity contribution in [3.8, 4) is 0 Å². The lowest BCUT2D eigenvalue weighted by atomic mass is 10.1. The molecule has 1 aromatic carbocycles. The van der Waals surface area contributed by atoms with Gasteiger partial charge in [0.15, 0.2) is 0 Å². The van der Waals surface area contributed by atoms with Gasteiger partial charge >= 0.3 is 0 Å². The summed E-state index contributed by atoms with van der Waals surface area (Å²) >= 11 is 0. The van der Waals surface area contributed by atoms with E-state index in [1.807, 2.05) is 18.2 Å². The summed E-state index contributed by atoms with van der Waals surface area (Å²) in [6, 6.07) is 12.7. The number of guanidine groups is 1. The summed E-state index contributed by atoms with van der Waals surface area (Å²) in [7, 11) is 0. The number of fused-ring (bicyclic) bond motifs is 1. The lowest BCUT2D eigenvalue weighted by molar-refractivity contribution is 0.102. The Morgan fingerprint density at radius 2 is 2.00 bits per heavy atom. The molecule has 0 unspecified atom stereocenters. The van der Waals surface area contributed by atoms with Crippen LogP contribution in [0, 0.1) is 0 Å². The van der Waals surface area contributed by atoms with Crippen molar-refractivity contribution in [3.63, 3.8) is 0 Å². The number of amides is 1. The second-order valence-electron chi connectivity index (χ2n) is 5.36. The number of benzene rings is 1. The predicted molar refractivity (Wildman–Crippen MR) is 98.5 cm³/mol. The van der Waals surface area contributed by atoms with E-state index < -0.39 is 0 Å². The quantitative estimate of drug-likeness (QED) is 0.328. The second-order valence-corrected chi connectivity index (χ2v) is 5.36. The maximum absolute atomic E-state index is 12.3. The molecule has 0 aliphatic carbocycles. The van der Waals surface area contributed by atoms with E-state index in [1.54, 1.807) is 37.4 Å². The highest BCUT2D eigenvalue weighted by molar-refractivity contribution is 6.07. The number of hydrogen-bond donors (Lipinski definition) is 4. The zero-order valence-electron chi connectivity index (χ0n) is 13.5. The van der Waals surface area contributed by atoms with Crippen LogP contribution in [-0.4, -0.2) is 27.5 Å². The SMILES string of the molecule is C/C(=N\N=C(N)N)c1ccc2[nH]c(C(=O)Nc3ccccn3)cc2c1. The number of carbonyl (C=O) groups excluding carboxylic acids is 1. The van der Waals surface area contributed by atoms with Crippen LogP contribution >= 0.6 is 0 Å². The average molecular weight is 335 g/mol. The average Bonchev–Trinajstić information content (AvgIpc) is 3.04. The lowest BCUT2D eigenvalue weighted by Gasteiger charge is -2.01. The number of carbonyl (C=O) groups is 1. The molecule has 0 aliphatic rings. The van der Waals surface area contributed by atoms with E-state index in [0.717, 1.165) is 16.5 Å². The number of anilines is 1. The number of pyridine rings is 1. The second kappa shape index (κ2) is 6.83. The van der Waals surface area contributed by atoms with Crippen LogP contribution < -0.4 is 16.8 Å². The molecular formula is C17H17N7O. The summed E-state index contributed by atoms with van der Waals surface area (Å²) in [6.07, 6.45) is 1.62. The molecule has 8 nitrogen and oxygen atoms in total. The number of hydrogen-bond acceptors (Lipinski definition) is 4. The fourth-order valence-electron chi connectivity index (χ4n) is 2.29. The molecule has 0 fully saturated rings. The number of nitrogens with one attached hydrogen (secondary N) is 2. The standard InChI is InChI=1S/C17H17N7O/c1-10(23-24-17(18)19)11-5-6-13-12(8-11)9-14(21-13)16(25)22-15-4-2-3-7-20-15/h2-9,21H,1H3,(H4,18,19,24)(H,20,22,25)/b23-10+. The molecule has 0 spiro atoms. The van der Waals surface area contributed by atoms with Crippen molar-refractivity contribution in [2.45, 2.75) is 6.92 Å². The molecule has 0 aliphatic heterocycles. The topological polar surface area (TPSA) is 135 Å². The third-order valence-electron chi connectivity index (χ3n) is 3.51. The summed E-state index contributed by atoms with van der Waals surface area (Å²) in [6.45, 7) is 1.80. The van der Waals surface area contributed by atoms with E-state index in [-0.39, 0.29) is 11.9 Å². The van der Waals surface area contributed by atoms with E-state index >= 15 is 0 Å². The van der Waals surface area contributed by atoms with Gasteiger partial charge in [0, 0.05) is 17.1 Å². The van der Waals surface area contributed by atoms with Crippen molar-refractivity contribution >= 4 is 34.3 Å². The molecule has 0 radical (unpaired) electrons. The van der Waals surface area contributed by atoms with Gasteiger partial charge in [-0.15, -0.1) is 5.10 Å². The Kier molecular flexibility index (Phi) is 4.42. The van der Waals surface area contributed by atoms with Crippen molar-refractivity contribution in [3.05, 3.63) is 59.9 Å².